The molecule has 4 aromatic rings. The molecule has 5 heteroatoms. The number of ether oxygens (including phenoxy) is 1. The molecule has 0 atom stereocenters. The van der Waals surface area contributed by atoms with Crippen LogP contribution in [0.15, 0.2) is 42.6 Å². The van der Waals surface area contributed by atoms with Gasteiger partial charge in [0.1, 0.15) is 17.1 Å². The minimum absolute atomic E-state index is 0.815. The topological polar surface area (TPSA) is 55.7 Å². The summed E-state index contributed by atoms with van der Waals surface area (Å²) in [5.74, 6) is 1.63. The maximum Gasteiger partial charge on any atom is 0.176 e. The van der Waals surface area contributed by atoms with Crippen LogP contribution in [0.5, 0.6) is 5.75 Å². The quantitative estimate of drug-likeness (QED) is 0.620. The summed E-state index contributed by atoms with van der Waals surface area (Å²) in [4.78, 5) is 8.17. The van der Waals surface area contributed by atoms with Gasteiger partial charge in [0.15, 0.2) is 5.65 Å². The van der Waals surface area contributed by atoms with E-state index in [1.165, 1.54) is 5.39 Å². The van der Waals surface area contributed by atoms with Gasteiger partial charge in [-0.3, -0.25) is 0 Å². The number of methoxy groups -OCH3 is 1. The van der Waals surface area contributed by atoms with Gasteiger partial charge in [0.2, 0.25) is 0 Å². The Balaban J connectivity index is 1.97. The van der Waals surface area contributed by atoms with Gasteiger partial charge >= 0.3 is 0 Å². The molecule has 2 aromatic carbocycles. The highest BCUT2D eigenvalue weighted by Crippen LogP contribution is 2.36. The van der Waals surface area contributed by atoms with Crippen molar-refractivity contribution in [1.29, 1.82) is 0 Å². The third-order valence-electron chi connectivity index (χ3n) is 4.07. The van der Waals surface area contributed by atoms with Crippen molar-refractivity contribution in [1.82, 2.24) is 19.7 Å². The standard InChI is InChI=1S/C18H18N4O/c1-3-10-22-18-14(11-19-22)20-17(21-18)16-13-7-5-4-6-12(13)8-9-15(16)23-2/h4-9,11H,3,10H2,1-2H3,(H,20,21). The lowest BCUT2D eigenvalue weighted by atomic mass is 10.0. The van der Waals surface area contributed by atoms with Crippen LogP contribution in [0.4, 0.5) is 0 Å². The summed E-state index contributed by atoms with van der Waals surface area (Å²) in [6, 6.07) is 12.3. The summed E-state index contributed by atoms with van der Waals surface area (Å²) < 4.78 is 7.51. The first-order chi connectivity index (χ1) is 11.3. The SMILES string of the molecule is CCCn1ncc2[nH]c(-c3c(OC)ccc4ccccc34)nc21. The summed E-state index contributed by atoms with van der Waals surface area (Å²) in [6.07, 6.45) is 2.86. The van der Waals surface area contributed by atoms with Gasteiger partial charge in [-0.15, -0.1) is 0 Å². The predicted molar refractivity (Wildman–Crippen MR) is 91.7 cm³/mol. The lowest BCUT2D eigenvalue weighted by molar-refractivity contribution is 0.416. The second-order valence-corrected chi connectivity index (χ2v) is 5.55. The number of nitrogens with zero attached hydrogens (tertiary/aromatic N) is 3. The fraction of sp³-hybridized carbons (Fsp3) is 0.222. The lowest BCUT2D eigenvalue weighted by Crippen LogP contribution is -1.99. The summed E-state index contributed by atoms with van der Waals surface area (Å²) in [7, 11) is 1.69. The lowest BCUT2D eigenvalue weighted by Gasteiger charge is -2.10. The van der Waals surface area contributed by atoms with Crippen molar-refractivity contribution in [2.75, 3.05) is 7.11 Å². The molecule has 5 nitrogen and oxygen atoms in total. The number of aromatic nitrogens is 4. The first kappa shape index (κ1) is 13.8. The Kier molecular flexibility index (Phi) is 3.26. The van der Waals surface area contributed by atoms with Crippen LogP contribution in [0.3, 0.4) is 0 Å². The van der Waals surface area contributed by atoms with Crippen molar-refractivity contribution in [3.05, 3.63) is 42.6 Å². The molecule has 1 N–H and O–H groups in total. The normalized spacial score (nSPS) is 11.4. The molecule has 0 spiro atoms. The van der Waals surface area contributed by atoms with Gasteiger partial charge in [0.05, 0.1) is 18.9 Å². The first-order valence-electron chi connectivity index (χ1n) is 7.79. The van der Waals surface area contributed by atoms with E-state index in [0.717, 1.165) is 46.7 Å². The fourth-order valence-corrected chi connectivity index (χ4v) is 3.01. The smallest absolute Gasteiger partial charge is 0.176 e. The third-order valence-corrected chi connectivity index (χ3v) is 4.07. The molecule has 116 valence electrons. The maximum absolute atomic E-state index is 5.58. The number of benzene rings is 2. The van der Waals surface area contributed by atoms with Gasteiger partial charge in [-0.05, 0) is 23.3 Å². The minimum Gasteiger partial charge on any atom is -0.496 e. The monoisotopic (exact) mass is 306 g/mol. The molecule has 0 fully saturated rings. The number of aromatic amines is 1. The van der Waals surface area contributed by atoms with Gasteiger partial charge < -0.3 is 9.72 Å². The Morgan fingerprint density at radius 1 is 1.17 bits per heavy atom. The van der Waals surface area contributed by atoms with E-state index in [1.54, 1.807) is 7.11 Å². The van der Waals surface area contributed by atoms with Crippen LogP contribution < -0.4 is 4.74 Å². The maximum atomic E-state index is 5.58. The van der Waals surface area contributed by atoms with E-state index in [2.05, 4.69) is 35.2 Å². The van der Waals surface area contributed by atoms with Gasteiger partial charge in [-0.1, -0.05) is 37.3 Å². The Morgan fingerprint density at radius 3 is 2.87 bits per heavy atom. The zero-order valence-corrected chi connectivity index (χ0v) is 13.2. The molecule has 0 aliphatic heterocycles. The molecule has 0 unspecified atom stereocenters. The van der Waals surface area contributed by atoms with Crippen LogP contribution in [0.25, 0.3) is 33.3 Å². The van der Waals surface area contributed by atoms with Crippen molar-refractivity contribution in [2.24, 2.45) is 0 Å². The minimum atomic E-state index is 0.815. The van der Waals surface area contributed by atoms with Crippen molar-refractivity contribution in [2.45, 2.75) is 19.9 Å². The van der Waals surface area contributed by atoms with Crippen LogP contribution in [0, 0.1) is 0 Å². The van der Waals surface area contributed by atoms with Gasteiger partial charge in [0.25, 0.3) is 0 Å². The van der Waals surface area contributed by atoms with Crippen molar-refractivity contribution < 1.29 is 4.74 Å². The number of nitrogens with one attached hydrogen (secondary N) is 1. The highest BCUT2D eigenvalue weighted by Gasteiger charge is 2.16. The van der Waals surface area contributed by atoms with Crippen LogP contribution in [0.1, 0.15) is 13.3 Å². The first-order valence-corrected chi connectivity index (χ1v) is 7.79. The molecule has 2 heterocycles. The second kappa shape index (κ2) is 5.43. The van der Waals surface area contributed by atoms with E-state index in [0.29, 0.717) is 0 Å². The van der Waals surface area contributed by atoms with Crippen LogP contribution >= 0.6 is 0 Å². The third kappa shape index (κ3) is 2.16. The Hall–Kier alpha value is -2.82. The average molecular weight is 306 g/mol. The van der Waals surface area contributed by atoms with E-state index < -0.39 is 0 Å². The van der Waals surface area contributed by atoms with E-state index >= 15 is 0 Å². The van der Waals surface area contributed by atoms with Crippen molar-refractivity contribution in [3.8, 4) is 17.1 Å². The molecule has 2 aromatic heterocycles. The van der Waals surface area contributed by atoms with Crippen LogP contribution in [0.2, 0.25) is 0 Å². The van der Waals surface area contributed by atoms with Crippen LogP contribution in [-0.4, -0.2) is 26.9 Å². The molecule has 0 saturated carbocycles. The molecule has 0 amide bonds. The predicted octanol–water partition coefficient (Wildman–Crippen LogP) is 4.00. The number of fused-ring (bicyclic) bond motifs is 2. The summed E-state index contributed by atoms with van der Waals surface area (Å²) in [5.41, 5.74) is 2.82. The number of hydrogen-bond donors (Lipinski definition) is 1. The van der Waals surface area contributed by atoms with E-state index in [4.69, 9.17) is 9.72 Å². The Bertz CT molecular complexity index is 983. The van der Waals surface area contributed by atoms with Crippen molar-refractivity contribution in [3.63, 3.8) is 0 Å². The number of hydrogen-bond acceptors (Lipinski definition) is 3. The summed E-state index contributed by atoms with van der Waals surface area (Å²) in [6.45, 7) is 3.00. The molecule has 0 saturated heterocycles. The Labute approximate surface area is 133 Å². The average Bonchev–Trinajstić information content (AvgIpc) is 3.16. The van der Waals surface area contributed by atoms with E-state index in [9.17, 15) is 0 Å². The van der Waals surface area contributed by atoms with E-state index in [-0.39, 0.29) is 0 Å². The second-order valence-electron chi connectivity index (χ2n) is 5.55. The molecule has 23 heavy (non-hydrogen) atoms. The summed E-state index contributed by atoms with van der Waals surface area (Å²) >= 11 is 0. The van der Waals surface area contributed by atoms with Gasteiger partial charge in [0, 0.05) is 6.54 Å². The highest BCUT2D eigenvalue weighted by molar-refractivity contribution is 5.99. The molecular weight excluding hydrogens is 288 g/mol. The number of imidazole rings is 1. The van der Waals surface area contributed by atoms with Gasteiger partial charge in [-0.25, -0.2) is 9.67 Å². The molecule has 4 rings (SSSR count). The zero-order valence-electron chi connectivity index (χ0n) is 13.2. The molecule has 0 bridgehead atoms. The fourth-order valence-electron chi connectivity index (χ4n) is 3.01. The summed E-state index contributed by atoms with van der Waals surface area (Å²) in [5, 5.41) is 6.67. The zero-order chi connectivity index (χ0) is 15.8. The number of rotatable bonds is 4. The van der Waals surface area contributed by atoms with Crippen LogP contribution in [-0.2, 0) is 6.54 Å². The van der Waals surface area contributed by atoms with Gasteiger partial charge in [-0.2, -0.15) is 5.10 Å². The number of H-pyrrole nitrogens is 1. The molecule has 0 aliphatic rings. The number of aryl methyl sites for hydroxylation is 1. The Morgan fingerprint density at radius 2 is 2.04 bits per heavy atom. The largest absolute Gasteiger partial charge is 0.496 e. The van der Waals surface area contributed by atoms with Crippen molar-refractivity contribution >= 4 is 21.9 Å². The van der Waals surface area contributed by atoms with E-state index in [1.807, 2.05) is 29.1 Å². The molecular formula is C18H18N4O. The molecule has 0 radical (unpaired) electrons. The highest BCUT2D eigenvalue weighted by atomic mass is 16.5. The molecule has 0 aliphatic carbocycles.